The van der Waals surface area contributed by atoms with E-state index in [4.69, 9.17) is 0 Å². The minimum absolute atomic E-state index is 0.0463. The van der Waals surface area contributed by atoms with Gasteiger partial charge in [0, 0.05) is 5.70 Å². The van der Waals surface area contributed by atoms with Gasteiger partial charge < -0.3 is 0 Å². The van der Waals surface area contributed by atoms with Gasteiger partial charge >= 0.3 is 12.1 Å². The van der Waals surface area contributed by atoms with Gasteiger partial charge in [-0.25, -0.2) is 10.0 Å². The smallest absolute Gasteiger partial charge is 0.262 e. The number of halogens is 3. The van der Waals surface area contributed by atoms with Crippen molar-refractivity contribution in [1.82, 2.24) is 5.01 Å². The minimum atomic E-state index is -5.01. The van der Waals surface area contributed by atoms with Gasteiger partial charge in [-0.2, -0.15) is 13.2 Å². The molecule has 0 heterocycles. The molecule has 0 N–H and O–H groups in total. The number of hydrogen-bond donors (Lipinski definition) is 0. The zero-order valence-corrected chi connectivity index (χ0v) is 13.1. The number of carbonyl (C=O) groups is 1. The minimum Gasteiger partial charge on any atom is -0.262 e. The first-order chi connectivity index (χ1) is 11.4. The predicted molar refractivity (Wildman–Crippen MR) is 87.4 cm³/mol. The zero-order valence-electron chi connectivity index (χ0n) is 13.1. The molecule has 0 aliphatic heterocycles. The Kier molecular flexibility index (Phi) is 5.28. The van der Waals surface area contributed by atoms with E-state index in [0.29, 0.717) is 16.4 Å². The van der Waals surface area contributed by atoms with Crippen molar-refractivity contribution in [1.29, 1.82) is 0 Å². The summed E-state index contributed by atoms with van der Waals surface area (Å²) in [4.78, 5) is 12.1. The van der Waals surface area contributed by atoms with E-state index in [1.807, 2.05) is 0 Å². The maximum atomic E-state index is 13.1. The highest BCUT2D eigenvalue weighted by molar-refractivity contribution is 5.87. The average Bonchev–Trinajstić information content (AvgIpc) is 2.59. The molecule has 0 saturated carbocycles. The van der Waals surface area contributed by atoms with Crippen molar-refractivity contribution in [2.24, 2.45) is 0 Å². The summed E-state index contributed by atoms with van der Waals surface area (Å²) in [7, 11) is 0. The van der Waals surface area contributed by atoms with E-state index < -0.39 is 12.1 Å². The van der Waals surface area contributed by atoms with Gasteiger partial charge in [0.15, 0.2) is 0 Å². The summed E-state index contributed by atoms with van der Waals surface area (Å²) in [6, 6.07) is 16.8. The normalized spacial score (nSPS) is 11.0. The summed E-state index contributed by atoms with van der Waals surface area (Å²) < 4.78 is 39.4. The van der Waals surface area contributed by atoms with Gasteiger partial charge in [0.05, 0.1) is 11.4 Å². The second-order valence-corrected chi connectivity index (χ2v) is 5.02. The second-order valence-electron chi connectivity index (χ2n) is 5.02. The van der Waals surface area contributed by atoms with Crippen molar-refractivity contribution in [2.75, 3.05) is 5.01 Å². The lowest BCUT2D eigenvalue weighted by molar-refractivity contribution is -0.183. The van der Waals surface area contributed by atoms with Crippen LogP contribution in [0.2, 0.25) is 0 Å². The summed E-state index contributed by atoms with van der Waals surface area (Å²) in [5.74, 6) is -1.98. The van der Waals surface area contributed by atoms with Crippen LogP contribution in [0.5, 0.6) is 0 Å². The summed E-state index contributed by atoms with van der Waals surface area (Å²) >= 11 is 0. The number of hydrogen-bond acceptors (Lipinski definition) is 2. The summed E-state index contributed by atoms with van der Waals surface area (Å²) in [5.41, 5.74) is 0.900. The lowest BCUT2D eigenvalue weighted by atomic mass is 10.2. The largest absolute Gasteiger partial charge is 0.473 e. The van der Waals surface area contributed by atoms with Crippen LogP contribution in [-0.2, 0) is 4.79 Å². The Morgan fingerprint density at radius 1 is 0.958 bits per heavy atom. The van der Waals surface area contributed by atoms with E-state index in [2.05, 4.69) is 6.58 Å². The van der Waals surface area contributed by atoms with Crippen LogP contribution in [-0.4, -0.2) is 17.1 Å². The van der Waals surface area contributed by atoms with Crippen molar-refractivity contribution in [2.45, 2.75) is 19.5 Å². The van der Waals surface area contributed by atoms with Gasteiger partial charge in [-0.05, 0) is 30.7 Å². The highest BCUT2D eigenvalue weighted by Gasteiger charge is 2.45. The van der Waals surface area contributed by atoms with E-state index in [9.17, 15) is 18.0 Å². The molecule has 3 nitrogen and oxygen atoms in total. The molecular formula is C18H17F3N2O. The van der Waals surface area contributed by atoms with Gasteiger partial charge in [0.1, 0.15) is 0 Å². The van der Waals surface area contributed by atoms with Crippen LogP contribution in [0.1, 0.15) is 13.3 Å². The number of anilines is 2. The fourth-order valence-corrected chi connectivity index (χ4v) is 2.16. The molecule has 2 rings (SSSR count). The molecule has 0 aromatic heterocycles. The van der Waals surface area contributed by atoms with Gasteiger partial charge in [0.25, 0.3) is 0 Å². The third-order valence-electron chi connectivity index (χ3n) is 3.34. The van der Waals surface area contributed by atoms with Gasteiger partial charge in [-0.15, -0.1) is 0 Å². The third-order valence-corrected chi connectivity index (χ3v) is 3.34. The first-order valence-corrected chi connectivity index (χ1v) is 7.35. The fourth-order valence-electron chi connectivity index (χ4n) is 2.16. The monoisotopic (exact) mass is 334 g/mol. The summed E-state index contributed by atoms with van der Waals surface area (Å²) in [5, 5.41) is 1.81. The molecule has 0 aliphatic rings. The highest BCUT2D eigenvalue weighted by Crippen LogP contribution is 2.33. The van der Waals surface area contributed by atoms with Crippen LogP contribution < -0.4 is 5.01 Å². The molecule has 0 saturated heterocycles. The number of benzene rings is 2. The molecule has 0 radical (unpaired) electrons. The molecule has 6 heteroatoms. The van der Waals surface area contributed by atoms with Crippen LogP contribution in [0, 0.1) is 0 Å². The van der Waals surface area contributed by atoms with Gasteiger partial charge in [0.2, 0.25) is 0 Å². The molecule has 0 bridgehead atoms. The quantitative estimate of drug-likeness (QED) is 0.714. The van der Waals surface area contributed by atoms with Crippen molar-refractivity contribution in [3.8, 4) is 0 Å². The first-order valence-electron chi connectivity index (χ1n) is 7.35. The van der Waals surface area contributed by atoms with Crippen LogP contribution in [0.3, 0.4) is 0 Å². The summed E-state index contributed by atoms with van der Waals surface area (Å²) in [6.07, 6.45) is -4.82. The lowest BCUT2D eigenvalue weighted by Crippen LogP contribution is -2.49. The Bertz CT molecular complexity index is 660. The van der Waals surface area contributed by atoms with E-state index in [1.165, 1.54) is 5.01 Å². The zero-order chi connectivity index (χ0) is 17.7. The van der Waals surface area contributed by atoms with E-state index in [0.717, 1.165) is 0 Å². The topological polar surface area (TPSA) is 23.6 Å². The highest BCUT2D eigenvalue weighted by atomic mass is 19.4. The molecule has 0 spiro atoms. The SMILES string of the molecule is C=C(CC)N(C(=O)C(F)(F)F)N(c1ccccc1)c1ccccc1. The molecule has 1 amide bonds. The van der Waals surface area contributed by atoms with Crippen LogP contribution in [0.4, 0.5) is 24.5 Å². The molecule has 2 aromatic rings. The first kappa shape index (κ1) is 17.6. The molecule has 0 fully saturated rings. The number of carbonyl (C=O) groups excluding carboxylic acids is 1. The fraction of sp³-hybridized carbons (Fsp3) is 0.167. The predicted octanol–water partition coefficient (Wildman–Crippen LogP) is 5.05. The number of alkyl halides is 3. The number of amides is 1. The number of rotatable bonds is 5. The summed E-state index contributed by atoms with van der Waals surface area (Å²) in [6.45, 7) is 5.29. The second kappa shape index (κ2) is 7.21. The molecule has 0 atom stereocenters. The molecule has 24 heavy (non-hydrogen) atoms. The number of hydrazine groups is 1. The maximum absolute atomic E-state index is 13.1. The Morgan fingerprint density at radius 2 is 1.38 bits per heavy atom. The Labute approximate surface area is 138 Å². The molecule has 2 aromatic carbocycles. The molecule has 126 valence electrons. The number of para-hydroxylation sites is 2. The van der Waals surface area contributed by atoms with Crippen molar-refractivity contribution in [3.63, 3.8) is 0 Å². The molecule has 0 unspecified atom stereocenters. The van der Waals surface area contributed by atoms with Gasteiger partial charge in [-0.3, -0.25) is 4.79 Å². The number of allylic oxidation sites excluding steroid dienone is 1. The third kappa shape index (κ3) is 3.76. The molecule has 0 aliphatic carbocycles. The Morgan fingerprint density at radius 3 is 1.71 bits per heavy atom. The number of nitrogens with zero attached hydrogens (tertiary/aromatic N) is 2. The van der Waals surface area contributed by atoms with E-state index in [1.54, 1.807) is 67.6 Å². The van der Waals surface area contributed by atoms with Crippen LogP contribution in [0.15, 0.2) is 72.9 Å². The lowest BCUT2D eigenvalue weighted by Gasteiger charge is -2.37. The van der Waals surface area contributed by atoms with Crippen molar-refractivity contribution >= 4 is 17.3 Å². The van der Waals surface area contributed by atoms with Crippen LogP contribution in [0.25, 0.3) is 0 Å². The molecular weight excluding hydrogens is 317 g/mol. The van der Waals surface area contributed by atoms with Crippen LogP contribution >= 0.6 is 0 Å². The van der Waals surface area contributed by atoms with Gasteiger partial charge in [-0.1, -0.05) is 49.9 Å². The Balaban J connectivity index is 2.62. The maximum Gasteiger partial charge on any atom is 0.473 e. The van der Waals surface area contributed by atoms with Crippen molar-refractivity contribution < 1.29 is 18.0 Å². The van der Waals surface area contributed by atoms with Crippen molar-refractivity contribution in [3.05, 3.63) is 72.9 Å². The average molecular weight is 334 g/mol. The Hall–Kier alpha value is -2.76. The standard InChI is InChI=1S/C18H17F3N2O/c1-3-14(2)22(17(24)18(19,20)21)23(15-10-6-4-7-11-15)16-12-8-5-9-13-16/h4-13H,2-3H2,1H3. The van der Waals surface area contributed by atoms with E-state index in [-0.39, 0.29) is 12.1 Å². The van der Waals surface area contributed by atoms with E-state index >= 15 is 0 Å².